The van der Waals surface area contributed by atoms with Gasteiger partial charge in [-0.1, -0.05) is 6.07 Å². The van der Waals surface area contributed by atoms with E-state index in [1.807, 2.05) is 6.07 Å². The highest BCUT2D eigenvalue weighted by Gasteiger charge is 2.72. The predicted octanol–water partition coefficient (Wildman–Crippen LogP) is 2.82. The van der Waals surface area contributed by atoms with Crippen LogP contribution in [0.25, 0.3) is 0 Å². The van der Waals surface area contributed by atoms with Crippen LogP contribution in [-0.4, -0.2) is 65.3 Å². The first kappa shape index (κ1) is 25.3. The first-order valence-electron chi connectivity index (χ1n) is 11.6. The lowest BCUT2D eigenvalue weighted by Gasteiger charge is -2.62. The number of likely N-dealkylation sites (tertiary alicyclic amines) is 1. The predicted molar refractivity (Wildman–Crippen MR) is 133 cm³/mol. The monoisotopic (exact) mass is 502 g/mol. The number of likely N-dealkylation sites (N-methyl/N-ethyl adjacent to an activating group) is 1. The normalized spacial score (nSPS) is 29.5. The van der Waals surface area contributed by atoms with E-state index in [-0.39, 0.29) is 35.9 Å². The van der Waals surface area contributed by atoms with E-state index in [1.165, 1.54) is 24.6 Å². The van der Waals surface area contributed by atoms with Crippen molar-refractivity contribution in [2.45, 2.75) is 55.8 Å². The molecule has 3 N–H and O–H groups in total. The number of rotatable bonds is 2. The number of methoxy groups -OCH3 is 1. The number of benzene rings is 2. The van der Waals surface area contributed by atoms with Gasteiger partial charge in [0, 0.05) is 30.6 Å². The number of amides is 1. The van der Waals surface area contributed by atoms with Gasteiger partial charge in [-0.3, -0.25) is 9.59 Å². The molecular formula is C26H31ClN2O6. The van der Waals surface area contributed by atoms with E-state index >= 15 is 0 Å². The number of hydrogen-bond acceptors (Lipinski definition) is 7. The topological polar surface area (TPSA) is 108 Å². The Bertz CT molecular complexity index is 1160. The van der Waals surface area contributed by atoms with Crippen molar-refractivity contribution >= 4 is 29.8 Å². The number of Topliss-reactive ketones (excluding diaryl/α,β-unsaturated/α-hetero) is 1. The molecule has 9 heteroatoms. The van der Waals surface area contributed by atoms with E-state index in [0.29, 0.717) is 30.0 Å². The van der Waals surface area contributed by atoms with E-state index in [9.17, 15) is 14.7 Å². The Morgan fingerprint density at radius 3 is 2.57 bits per heavy atom. The van der Waals surface area contributed by atoms with E-state index in [2.05, 4.69) is 23.3 Å². The molecule has 1 amide bonds. The standard InChI is InChI=1S/C18H21NO4.C8H9NO2.ClH/c1-19-8-7-17-14-10-3-4-12(22-2)15(14)23-16(17)11(20)5-6-18(17,21)13(19)9-10;1-6(10)9-7-2-4-8(11)5-3-7;/h3-4,13,16,21H,5-9H2,1-2H3;2-5,11H,1H3,(H,9,10);1H/t13-,16+,17+,18-;;/m1../s1. The molecule has 0 unspecified atom stereocenters. The molecule has 2 heterocycles. The number of nitrogens with one attached hydrogen (secondary N) is 1. The van der Waals surface area contributed by atoms with Crippen molar-refractivity contribution in [1.29, 1.82) is 0 Å². The molecule has 2 bridgehead atoms. The van der Waals surface area contributed by atoms with E-state index in [0.717, 1.165) is 24.9 Å². The van der Waals surface area contributed by atoms with Gasteiger partial charge in [0.15, 0.2) is 23.4 Å². The minimum absolute atomic E-state index is 0. The molecule has 4 atom stereocenters. The Balaban J connectivity index is 0.000000206. The van der Waals surface area contributed by atoms with Crippen molar-refractivity contribution in [1.82, 2.24) is 4.90 Å². The fourth-order valence-corrected chi connectivity index (χ4v) is 6.43. The molecule has 4 aliphatic rings. The molecule has 188 valence electrons. The summed E-state index contributed by atoms with van der Waals surface area (Å²) < 4.78 is 11.6. The van der Waals surface area contributed by atoms with Crippen LogP contribution in [-0.2, 0) is 21.4 Å². The molecule has 0 aromatic heterocycles. The third-order valence-electron chi connectivity index (χ3n) is 7.92. The summed E-state index contributed by atoms with van der Waals surface area (Å²) in [5, 5.41) is 23.2. The molecule has 2 aliphatic carbocycles. The maximum absolute atomic E-state index is 12.7. The van der Waals surface area contributed by atoms with Gasteiger partial charge >= 0.3 is 0 Å². The van der Waals surface area contributed by atoms with Gasteiger partial charge in [0.25, 0.3) is 0 Å². The molecule has 2 aromatic rings. The highest BCUT2D eigenvalue weighted by atomic mass is 35.5. The van der Waals surface area contributed by atoms with Crippen molar-refractivity contribution in [3.63, 3.8) is 0 Å². The first-order valence-corrected chi connectivity index (χ1v) is 11.6. The molecule has 2 aliphatic heterocycles. The van der Waals surface area contributed by atoms with Crippen molar-refractivity contribution in [3.8, 4) is 17.2 Å². The SMILES string of the molecule is CC(=O)Nc1ccc(O)cc1.COc1ccc2c3c1O[C@H]1C(=O)CC[C@@]4(O)[C@@H](C2)N(C)CC[C@]314.Cl. The van der Waals surface area contributed by atoms with Crippen LogP contribution < -0.4 is 14.8 Å². The largest absolute Gasteiger partial charge is 0.508 e. The van der Waals surface area contributed by atoms with Gasteiger partial charge in [0.2, 0.25) is 5.91 Å². The minimum atomic E-state index is -0.900. The number of carbonyl (C=O) groups excluding carboxylic acids is 2. The molecule has 35 heavy (non-hydrogen) atoms. The summed E-state index contributed by atoms with van der Waals surface area (Å²) in [6.07, 6.45) is 1.89. The molecule has 0 radical (unpaired) electrons. The number of hydrogen-bond donors (Lipinski definition) is 3. The Labute approximate surface area is 210 Å². The number of nitrogens with zero attached hydrogens (tertiary/aromatic N) is 1. The number of carbonyl (C=O) groups is 2. The number of anilines is 1. The zero-order chi connectivity index (χ0) is 24.3. The Morgan fingerprint density at radius 2 is 1.91 bits per heavy atom. The Morgan fingerprint density at radius 1 is 1.20 bits per heavy atom. The summed E-state index contributed by atoms with van der Waals surface area (Å²) in [5.41, 5.74) is 1.43. The number of ketones is 1. The van der Waals surface area contributed by atoms with Gasteiger partial charge in [0.1, 0.15) is 5.75 Å². The van der Waals surface area contributed by atoms with Gasteiger partial charge in [-0.25, -0.2) is 0 Å². The van der Waals surface area contributed by atoms with Crippen molar-refractivity contribution in [3.05, 3.63) is 47.5 Å². The second kappa shape index (κ2) is 9.00. The summed E-state index contributed by atoms with van der Waals surface area (Å²) >= 11 is 0. The number of aromatic hydroxyl groups is 1. The van der Waals surface area contributed by atoms with E-state index in [1.54, 1.807) is 19.2 Å². The maximum Gasteiger partial charge on any atom is 0.221 e. The number of phenolic OH excluding ortho intramolecular Hbond substituents is 1. The van der Waals surface area contributed by atoms with E-state index in [4.69, 9.17) is 14.6 Å². The first-order chi connectivity index (χ1) is 16.2. The molecule has 1 saturated carbocycles. The highest BCUT2D eigenvalue weighted by molar-refractivity contribution is 5.90. The quantitative estimate of drug-likeness (QED) is 0.542. The number of ether oxygens (including phenoxy) is 2. The van der Waals surface area contributed by atoms with Gasteiger partial charge in [-0.2, -0.15) is 0 Å². The molecule has 1 saturated heterocycles. The fraction of sp³-hybridized carbons (Fsp3) is 0.462. The molecular weight excluding hydrogens is 472 g/mol. The maximum atomic E-state index is 12.7. The zero-order valence-electron chi connectivity index (χ0n) is 20.0. The molecule has 2 fully saturated rings. The average Bonchev–Trinajstić information content (AvgIpc) is 3.16. The lowest BCUT2D eigenvalue weighted by atomic mass is 9.49. The number of piperidine rings is 1. The average molecular weight is 503 g/mol. The van der Waals surface area contributed by atoms with Crippen molar-refractivity contribution in [2.75, 3.05) is 26.0 Å². The number of phenols is 1. The highest BCUT2D eigenvalue weighted by Crippen LogP contribution is 2.64. The molecule has 2 aromatic carbocycles. The van der Waals surface area contributed by atoms with Crippen LogP contribution in [0.15, 0.2) is 36.4 Å². The fourth-order valence-electron chi connectivity index (χ4n) is 6.43. The van der Waals surface area contributed by atoms with Crippen LogP contribution in [0.4, 0.5) is 5.69 Å². The van der Waals surface area contributed by atoms with Crippen molar-refractivity contribution in [2.24, 2.45) is 0 Å². The van der Waals surface area contributed by atoms with Crippen LogP contribution in [0.1, 0.15) is 37.3 Å². The zero-order valence-corrected chi connectivity index (χ0v) is 20.9. The summed E-state index contributed by atoms with van der Waals surface area (Å²) in [4.78, 5) is 25.4. The second-order valence-corrected chi connectivity index (χ2v) is 9.67. The third-order valence-corrected chi connectivity index (χ3v) is 7.92. The smallest absolute Gasteiger partial charge is 0.221 e. The molecule has 8 nitrogen and oxygen atoms in total. The number of aliphatic hydroxyl groups is 1. The van der Waals surface area contributed by atoms with Gasteiger partial charge in [-0.15, -0.1) is 12.4 Å². The second-order valence-electron chi connectivity index (χ2n) is 9.67. The van der Waals surface area contributed by atoms with Gasteiger partial charge in [0.05, 0.1) is 18.1 Å². The van der Waals surface area contributed by atoms with Crippen LogP contribution in [0, 0.1) is 0 Å². The van der Waals surface area contributed by atoms with Crippen LogP contribution >= 0.6 is 12.4 Å². The summed E-state index contributed by atoms with van der Waals surface area (Å²) in [7, 11) is 3.70. The van der Waals surface area contributed by atoms with Gasteiger partial charge in [-0.05, 0) is 68.8 Å². The lowest BCUT2D eigenvalue weighted by molar-refractivity contribution is -0.185. The Hall–Kier alpha value is -2.81. The summed E-state index contributed by atoms with van der Waals surface area (Å²) in [6, 6.07) is 10.4. The van der Waals surface area contributed by atoms with E-state index < -0.39 is 17.1 Å². The lowest BCUT2D eigenvalue weighted by Crippen LogP contribution is -2.76. The van der Waals surface area contributed by atoms with Gasteiger partial charge < -0.3 is 29.9 Å². The van der Waals surface area contributed by atoms with Crippen LogP contribution in [0.3, 0.4) is 0 Å². The van der Waals surface area contributed by atoms with Crippen LogP contribution in [0.5, 0.6) is 17.2 Å². The third kappa shape index (κ3) is 3.66. The van der Waals surface area contributed by atoms with Crippen molar-refractivity contribution < 1.29 is 29.3 Å². The summed E-state index contributed by atoms with van der Waals surface area (Å²) in [6.45, 7) is 2.31. The van der Waals surface area contributed by atoms with Crippen LogP contribution in [0.2, 0.25) is 0 Å². The summed E-state index contributed by atoms with van der Waals surface area (Å²) in [5.74, 6) is 1.55. The molecule has 1 spiro atoms. The number of halogens is 1. The minimum Gasteiger partial charge on any atom is -0.508 e. The Kier molecular flexibility index (Phi) is 6.51. The molecule has 6 rings (SSSR count).